The summed E-state index contributed by atoms with van der Waals surface area (Å²) in [6.45, 7) is 1.88. The highest BCUT2D eigenvalue weighted by Gasteiger charge is 2.20. The van der Waals surface area contributed by atoms with Crippen LogP contribution in [0.1, 0.15) is 24.0 Å². The largest absolute Gasteiger partial charge is 0.497 e. The van der Waals surface area contributed by atoms with Crippen molar-refractivity contribution in [1.82, 2.24) is 5.32 Å². The molecule has 1 aromatic carbocycles. The molecular formula is C14H20N2O3. The molecule has 0 amide bonds. The second-order valence-electron chi connectivity index (χ2n) is 4.75. The number of benzene rings is 1. The van der Waals surface area contributed by atoms with Crippen LogP contribution in [0.4, 0.5) is 0 Å². The van der Waals surface area contributed by atoms with Crippen molar-refractivity contribution in [3.8, 4) is 5.75 Å². The Morgan fingerprint density at radius 2 is 2.11 bits per heavy atom. The molecular weight excluding hydrogens is 244 g/mol. The molecule has 0 aromatic heterocycles. The quantitative estimate of drug-likeness (QED) is 0.549. The van der Waals surface area contributed by atoms with Crippen LogP contribution < -0.4 is 10.1 Å². The number of nitrogens with one attached hydrogen (secondary N) is 1. The molecule has 0 spiro atoms. The molecule has 0 radical (unpaired) electrons. The zero-order chi connectivity index (χ0) is 13.5. The van der Waals surface area contributed by atoms with Gasteiger partial charge in [-0.2, -0.15) is 4.91 Å². The van der Waals surface area contributed by atoms with Gasteiger partial charge >= 0.3 is 0 Å². The van der Waals surface area contributed by atoms with E-state index in [4.69, 9.17) is 9.47 Å². The molecule has 0 atom stereocenters. The fourth-order valence-electron chi connectivity index (χ4n) is 1.87. The molecule has 19 heavy (non-hydrogen) atoms. The van der Waals surface area contributed by atoms with Crippen molar-refractivity contribution >= 4 is 0 Å². The smallest absolute Gasteiger partial charge is 0.119 e. The van der Waals surface area contributed by atoms with Crippen LogP contribution in [0.25, 0.3) is 0 Å². The van der Waals surface area contributed by atoms with E-state index in [1.54, 1.807) is 7.11 Å². The van der Waals surface area contributed by atoms with Crippen LogP contribution in [0.3, 0.4) is 0 Å². The van der Waals surface area contributed by atoms with Gasteiger partial charge < -0.3 is 14.8 Å². The van der Waals surface area contributed by atoms with Gasteiger partial charge in [0.25, 0.3) is 0 Å². The van der Waals surface area contributed by atoms with Gasteiger partial charge in [0.15, 0.2) is 0 Å². The van der Waals surface area contributed by atoms with E-state index in [9.17, 15) is 4.91 Å². The van der Waals surface area contributed by atoms with Crippen LogP contribution in [0, 0.1) is 4.91 Å². The van der Waals surface area contributed by atoms with Crippen LogP contribution in [0.5, 0.6) is 5.75 Å². The normalized spacial score (nSPS) is 14.4. The van der Waals surface area contributed by atoms with Crippen molar-refractivity contribution in [3.05, 3.63) is 34.2 Å². The first-order valence-electron chi connectivity index (χ1n) is 6.59. The molecule has 0 saturated heterocycles. The molecule has 1 aliphatic carbocycles. The Labute approximate surface area is 113 Å². The maximum Gasteiger partial charge on any atom is 0.119 e. The van der Waals surface area contributed by atoms with E-state index >= 15 is 0 Å². The van der Waals surface area contributed by atoms with Crippen LogP contribution in [-0.2, 0) is 17.9 Å². The Morgan fingerprint density at radius 1 is 1.32 bits per heavy atom. The minimum Gasteiger partial charge on any atom is -0.497 e. The van der Waals surface area contributed by atoms with Crippen molar-refractivity contribution in [2.24, 2.45) is 5.18 Å². The van der Waals surface area contributed by atoms with Gasteiger partial charge in [0.05, 0.1) is 20.3 Å². The molecule has 0 bridgehead atoms. The summed E-state index contributed by atoms with van der Waals surface area (Å²) in [5.74, 6) is 0.835. The molecule has 2 rings (SSSR count). The summed E-state index contributed by atoms with van der Waals surface area (Å²) in [4.78, 5) is 9.97. The van der Waals surface area contributed by atoms with Gasteiger partial charge in [-0.1, -0.05) is 11.2 Å². The number of hydrogen-bond acceptors (Lipinski definition) is 5. The van der Waals surface area contributed by atoms with Crippen LogP contribution in [0.15, 0.2) is 23.4 Å². The minimum absolute atomic E-state index is 0.195. The predicted octanol–water partition coefficient (Wildman–Crippen LogP) is 2.23. The second-order valence-corrected chi connectivity index (χ2v) is 4.75. The van der Waals surface area contributed by atoms with Gasteiger partial charge in [0.2, 0.25) is 0 Å². The van der Waals surface area contributed by atoms with E-state index in [0.717, 1.165) is 17.9 Å². The zero-order valence-corrected chi connectivity index (χ0v) is 11.2. The number of ether oxygens (including phenoxy) is 2. The predicted molar refractivity (Wildman–Crippen MR) is 73.2 cm³/mol. The third kappa shape index (κ3) is 4.96. The molecule has 1 aliphatic rings. The number of hydrogen-bond donors (Lipinski definition) is 1. The van der Waals surface area contributed by atoms with Gasteiger partial charge in [-0.15, -0.1) is 0 Å². The Bertz CT molecular complexity index is 419. The first kappa shape index (κ1) is 14.0. The average Bonchev–Trinajstić information content (AvgIpc) is 3.25. The van der Waals surface area contributed by atoms with Gasteiger partial charge in [-0.05, 0) is 36.1 Å². The van der Waals surface area contributed by atoms with E-state index in [2.05, 4.69) is 16.6 Å². The fraction of sp³-hybridized carbons (Fsp3) is 0.571. The third-order valence-electron chi connectivity index (χ3n) is 3.03. The lowest BCUT2D eigenvalue weighted by atomic mass is 10.1. The Hall–Kier alpha value is -1.46. The lowest BCUT2D eigenvalue weighted by molar-refractivity contribution is 0.128. The van der Waals surface area contributed by atoms with Crippen molar-refractivity contribution in [2.75, 3.05) is 20.3 Å². The molecule has 1 saturated carbocycles. The summed E-state index contributed by atoms with van der Waals surface area (Å²) < 4.78 is 10.7. The lowest BCUT2D eigenvalue weighted by Crippen LogP contribution is -2.15. The van der Waals surface area contributed by atoms with Crippen LogP contribution in [0.2, 0.25) is 0 Å². The van der Waals surface area contributed by atoms with Gasteiger partial charge in [-0.3, -0.25) is 0 Å². The molecule has 0 unspecified atom stereocenters. The highest BCUT2D eigenvalue weighted by molar-refractivity contribution is 5.34. The highest BCUT2D eigenvalue weighted by Crippen LogP contribution is 2.21. The summed E-state index contributed by atoms with van der Waals surface area (Å²) in [5.41, 5.74) is 2.25. The minimum atomic E-state index is 0.195. The van der Waals surface area contributed by atoms with Crippen molar-refractivity contribution in [3.63, 3.8) is 0 Å². The van der Waals surface area contributed by atoms with Crippen molar-refractivity contribution in [1.29, 1.82) is 0 Å². The van der Waals surface area contributed by atoms with Gasteiger partial charge in [0.1, 0.15) is 12.3 Å². The lowest BCUT2D eigenvalue weighted by Gasteiger charge is -2.10. The molecule has 1 fully saturated rings. The van der Waals surface area contributed by atoms with Gasteiger partial charge in [0, 0.05) is 12.6 Å². The third-order valence-corrected chi connectivity index (χ3v) is 3.03. The fourth-order valence-corrected chi connectivity index (χ4v) is 1.87. The van der Waals surface area contributed by atoms with Crippen LogP contribution in [-0.4, -0.2) is 26.3 Å². The summed E-state index contributed by atoms with van der Waals surface area (Å²) in [7, 11) is 1.66. The van der Waals surface area contributed by atoms with E-state index in [1.165, 1.54) is 18.4 Å². The molecule has 5 nitrogen and oxygen atoms in total. The number of nitrogens with zero attached hydrogens (tertiary/aromatic N) is 1. The molecule has 0 aliphatic heterocycles. The second kappa shape index (κ2) is 7.21. The maximum absolute atomic E-state index is 9.97. The van der Waals surface area contributed by atoms with E-state index in [0.29, 0.717) is 19.3 Å². The van der Waals surface area contributed by atoms with E-state index in [1.807, 2.05) is 12.1 Å². The van der Waals surface area contributed by atoms with Gasteiger partial charge in [-0.25, -0.2) is 0 Å². The molecule has 0 heterocycles. The monoisotopic (exact) mass is 264 g/mol. The zero-order valence-electron chi connectivity index (χ0n) is 11.2. The summed E-state index contributed by atoms with van der Waals surface area (Å²) in [6.07, 6.45) is 2.55. The Kier molecular flexibility index (Phi) is 5.30. The summed E-state index contributed by atoms with van der Waals surface area (Å²) in [5, 5.41) is 6.24. The summed E-state index contributed by atoms with van der Waals surface area (Å²) in [6, 6.07) is 6.78. The van der Waals surface area contributed by atoms with Crippen LogP contribution >= 0.6 is 0 Å². The standard InChI is InChI=1S/C14H20N2O3/c1-18-14-7-11(9-15-13-2-3-13)6-12(8-14)10-19-5-4-16-17/h6-8,13,15H,2-5,9-10H2,1H3. The average molecular weight is 264 g/mol. The first-order chi connectivity index (χ1) is 9.31. The SMILES string of the molecule is COc1cc(CNC2CC2)cc(COCCN=O)c1. The maximum atomic E-state index is 9.97. The first-order valence-corrected chi connectivity index (χ1v) is 6.59. The molecule has 5 heteroatoms. The molecule has 104 valence electrons. The van der Waals surface area contributed by atoms with E-state index < -0.39 is 0 Å². The van der Waals surface area contributed by atoms with Crippen molar-refractivity contribution in [2.45, 2.75) is 32.0 Å². The molecule has 1 aromatic rings. The summed E-state index contributed by atoms with van der Waals surface area (Å²) >= 11 is 0. The number of nitroso groups, excluding NO2 is 1. The topological polar surface area (TPSA) is 59.9 Å². The van der Waals surface area contributed by atoms with Crippen molar-refractivity contribution < 1.29 is 9.47 Å². The number of rotatable bonds is 9. The highest BCUT2D eigenvalue weighted by atomic mass is 16.5. The Morgan fingerprint density at radius 3 is 2.79 bits per heavy atom. The molecule has 1 N–H and O–H groups in total. The number of methoxy groups -OCH3 is 1. The van der Waals surface area contributed by atoms with E-state index in [-0.39, 0.29) is 6.54 Å². The Balaban J connectivity index is 1.91.